The van der Waals surface area contributed by atoms with Gasteiger partial charge in [-0.25, -0.2) is 8.42 Å². The summed E-state index contributed by atoms with van der Waals surface area (Å²) in [6.07, 6.45) is -0.244. The molecule has 0 aliphatic rings. The summed E-state index contributed by atoms with van der Waals surface area (Å²) in [5.41, 5.74) is 0.992. The molecule has 0 saturated heterocycles. The number of aliphatic carboxylic acids is 1. The minimum atomic E-state index is -4.12. The van der Waals surface area contributed by atoms with Crippen molar-refractivity contribution in [1.82, 2.24) is 10.0 Å². The zero-order valence-corrected chi connectivity index (χ0v) is 19.9. The van der Waals surface area contributed by atoms with Crippen molar-refractivity contribution in [2.24, 2.45) is 0 Å². The monoisotopic (exact) mass is 448 g/mol. The van der Waals surface area contributed by atoms with Gasteiger partial charge in [0.25, 0.3) is 0 Å². The number of rotatable bonds is 9. The van der Waals surface area contributed by atoms with Crippen LogP contribution in [0.3, 0.4) is 0 Å². The Morgan fingerprint density at radius 2 is 1.55 bits per heavy atom. The van der Waals surface area contributed by atoms with Gasteiger partial charge in [-0.1, -0.05) is 60.7 Å². The van der Waals surface area contributed by atoms with Crippen molar-refractivity contribution >= 4 is 32.7 Å². The second kappa shape index (κ2) is 11.4. The SMILES string of the molecule is O=C([O-])C[C@H](NS(=O)(=O)c1ccc2ccccc2c1)C(=O)NCCc1ccccc1.[Na+]. The minimum absolute atomic E-state index is 0. The number of fused-ring (bicyclic) bond motifs is 1. The van der Waals surface area contributed by atoms with Crippen LogP contribution < -0.4 is 44.7 Å². The average Bonchev–Trinajstić information content (AvgIpc) is 2.73. The maximum atomic E-state index is 12.8. The zero-order valence-electron chi connectivity index (χ0n) is 17.1. The van der Waals surface area contributed by atoms with Crippen LogP contribution in [0.4, 0.5) is 0 Å². The summed E-state index contributed by atoms with van der Waals surface area (Å²) in [5, 5.41) is 15.2. The van der Waals surface area contributed by atoms with Gasteiger partial charge in [0.2, 0.25) is 15.9 Å². The summed E-state index contributed by atoms with van der Waals surface area (Å²) >= 11 is 0. The molecule has 7 nitrogen and oxygen atoms in total. The van der Waals surface area contributed by atoms with E-state index in [1.807, 2.05) is 42.5 Å². The zero-order chi connectivity index (χ0) is 21.6. The Morgan fingerprint density at radius 3 is 2.23 bits per heavy atom. The average molecular weight is 448 g/mol. The molecule has 0 radical (unpaired) electrons. The van der Waals surface area contributed by atoms with Gasteiger partial charge in [0.1, 0.15) is 6.04 Å². The first-order valence-corrected chi connectivity index (χ1v) is 10.9. The van der Waals surface area contributed by atoms with Crippen molar-refractivity contribution in [2.45, 2.75) is 23.8 Å². The van der Waals surface area contributed by atoms with Gasteiger partial charge in [-0.3, -0.25) is 4.79 Å². The van der Waals surface area contributed by atoms with E-state index in [9.17, 15) is 23.1 Å². The third kappa shape index (κ3) is 7.15. The summed E-state index contributed by atoms with van der Waals surface area (Å²) in [7, 11) is -4.12. The van der Waals surface area contributed by atoms with Crippen molar-refractivity contribution < 1.29 is 52.7 Å². The first-order chi connectivity index (χ1) is 14.3. The Morgan fingerprint density at radius 1 is 0.903 bits per heavy atom. The van der Waals surface area contributed by atoms with E-state index >= 15 is 0 Å². The topological polar surface area (TPSA) is 115 Å². The maximum absolute atomic E-state index is 12.8. The third-order valence-corrected chi connectivity index (χ3v) is 6.04. The number of carboxylic acid groups (broad SMARTS) is 1. The molecule has 0 saturated carbocycles. The molecule has 0 fully saturated rings. The molecule has 0 unspecified atom stereocenters. The summed E-state index contributed by atoms with van der Waals surface area (Å²) in [6.45, 7) is 0.240. The summed E-state index contributed by atoms with van der Waals surface area (Å²) in [6, 6.07) is 19.7. The fourth-order valence-electron chi connectivity index (χ4n) is 3.04. The first-order valence-electron chi connectivity index (χ1n) is 9.38. The van der Waals surface area contributed by atoms with E-state index in [0.717, 1.165) is 10.9 Å². The van der Waals surface area contributed by atoms with Crippen LogP contribution in [0.5, 0.6) is 0 Å². The Bertz CT molecular complexity index is 1150. The van der Waals surface area contributed by atoms with Crippen LogP contribution in [0.2, 0.25) is 0 Å². The molecule has 0 spiro atoms. The Balaban J connectivity index is 0.00000341. The molecule has 9 heteroatoms. The van der Waals surface area contributed by atoms with Crippen LogP contribution in [-0.4, -0.2) is 32.9 Å². The second-order valence-corrected chi connectivity index (χ2v) is 8.50. The Labute approximate surface area is 203 Å². The second-order valence-electron chi connectivity index (χ2n) is 6.79. The summed E-state index contributed by atoms with van der Waals surface area (Å²) in [5.74, 6) is -2.25. The molecule has 0 aliphatic carbocycles. The molecule has 1 atom stereocenters. The van der Waals surface area contributed by atoms with Gasteiger partial charge >= 0.3 is 29.6 Å². The molecule has 1 amide bonds. The molecule has 156 valence electrons. The van der Waals surface area contributed by atoms with E-state index in [1.165, 1.54) is 12.1 Å². The molecule has 0 heterocycles. The third-order valence-electron chi connectivity index (χ3n) is 4.57. The number of nitrogens with one attached hydrogen (secondary N) is 2. The van der Waals surface area contributed by atoms with Gasteiger partial charge < -0.3 is 15.2 Å². The number of carboxylic acids is 1. The number of amides is 1. The minimum Gasteiger partial charge on any atom is -0.550 e. The van der Waals surface area contributed by atoms with Crippen molar-refractivity contribution in [1.29, 1.82) is 0 Å². The van der Waals surface area contributed by atoms with Crippen LogP contribution in [0.25, 0.3) is 10.8 Å². The Hall–Kier alpha value is -2.23. The fourth-order valence-corrected chi connectivity index (χ4v) is 4.27. The maximum Gasteiger partial charge on any atom is 1.00 e. The van der Waals surface area contributed by atoms with Crippen molar-refractivity contribution in [3.63, 3.8) is 0 Å². The van der Waals surface area contributed by atoms with Crippen LogP contribution >= 0.6 is 0 Å². The van der Waals surface area contributed by atoms with Crippen molar-refractivity contribution in [2.75, 3.05) is 6.54 Å². The quantitative estimate of drug-likeness (QED) is 0.367. The van der Waals surface area contributed by atoms with Crippen LogP contribution in [0, 0.1) is 0 Å². The van der Waals surface area contributed by atoms with Crippen molar-refractivity contribution in [3.8, 4) is 0 Å². The van der Waals surface area contributed by atoms with E-state index in [1.54, 1.807) is 18.2 Å². The number of sulfonamides is 1. The van der Waals surface area contributed by atoms with Crippen LogP contribution in [0.1, 0.15) is 12.0 Å². The molecule has 31 heavy (non-hydrogen) atoms. The van der Waals surface area contributed by atoms with E-state index in [-0.39, 0.29) is 41.0 Å². The van der Waals surface area contributed by atoms with E-state index < -0.39 is 34.4 Å². The van der Waals surface area contributed by atoms with Gasteiger partial charge in [-0.2, -0.15) is 4.72 Å². The van der Waals surface area contributed by atoms with Gasteiger partial charge in [-0.15, -0.1) is 0 Å². The molecule has 0 bridgehead atoms. The molecule has 0 aliphatic heterocycles. The standard InChI is InChI=1S/C22H22N2O5S.Na/c25-21(26)15-20(22(27)23-13-12-16-6-2-1-3-7-16)24-30(28,29)19-11-10-17-8-4-5-9-18(17)14-19;/h1-11,14,20,24H,12-13,15H2,(H,23,27)(H,25,26);/q;+1/p-1/t20-;/m0./s1. The molecular weight excluding hydrogens is 427 g/mol. The smallest absolute Gasteiger partial charge is 0.550 e. The number of carbonyl (C=O) groups excluding carboxylic acids is 2. The fraction of sp³-hybridized carbons (Fsp3) is 0.182. The largest absolute Gasteiger partial charge is 1.00 e. The predicted molar refractivity (Wildman–Crippen MR) is 111 cm³/mol. The molecular formula is C22H21N2NaO5S. The van der Waals surface area contributed by atoms with Gasteiger partial charge in [0.05, 0.1) is 4.90 Å². The van der Waals surface area contributed by atoms with E-state index in [0.29, 0.717) is 11.8 Å². The molecule has 3 aromatic carbocycles. The predicted octanol–water partition coefficient (Wildman–Crippen LogP) is -2.01. The number of hydrogen-bond acceptors (Lipinski definition) is 5. The molecule has 3 rings (SSSR count). The molecule has 3 aromatic rings. The van der Waals surface area contributed by atoms with Gasteiger partial charge in [0, 0.05) is 18.9 Å². The first kappa shape index (κ1) is 25.0. The molecule has 2 N–H and O–H groups in total. The van der Waals surface area contributed by atoms with E-state index in [2.05, 4.69) is 10.0 Å². The van der Waals surface area contributed by atoms with Gasteiger partial charge in [0.15, 0.2) is 0 Å². The Kier molecular flexibility index (Phi) is 9.21. The number of hydrogen-bond donors (Lipinski definition) is 2. The summed E-state index contributed by atoms with van der Waals surface area (Å²) < 4.78 is 27.7. The van der Waals surface area contributed by atoms with Crippen LogP contribution in [0.15, 0.2) is 77.7 Å². The van der Waals surface area contributed by atoms with Gasteiger partial charge in [-0.05, 0) is 34.9 Å². The number of carbonyl (C=O) groups is 2. The van der Waals surface area contributed by atoms with Crippen molar-refractivity contribution in [3.05, 3.63) is 78.4 Å². The summed E-state index contributed by atoms with van der Waals surface area (Å²) in [4.78, 5) is 23.5. The normalized spacial score (nSPS) is 12.0. The van der Waals surface area contributed by atoms with Crippen LogP contribution in [-0.2, 0) is 26.0 Å². The van der Waals surface area contributed by atoms with E-state index in [4.69, 9.17) is 0 Å². The number of benzene rings is 3. The molecule has 0 aromatic heterocycles.